The zero-order chi connectivity index (χ0) is 10.1. The molecule has 0 aliphatic heterocycles. The lowest BCUT2D eigenvalue weighted by Crippen LogP contribution is -2.19. The first-order valence-electron chi connectivity index (χ1n) is 4.08. The van der Waals surface area contributed by atoms with Crippen LogP contribution in [0.4, 0.5) is 0 Å². The zero-order valence-electron chi connectivity index (χ0n) is 8.11. The van der Waals surface area contributed by atoms with E-state index in [-0.39, 0.29) is 12.0 Å². The lowest BCUT2D eigenvalue weighted by Gasteiger charge is -2.12. The van der Waals surface area contributed by atoms with E-state index in [0.29, 0.717) is 0 Å². The molecule has 1 rings (SSSR count). The summed E-state index contributed by atoms with van der Waals surface area (Å²) in [5.74, 6) is -0.412. The number of hydrogen-bond acceptors (Lipinski definition) is 3. The maximum Gasteiger partial charge on any atom is 0.239 e. The summed E-state index contributed by atoms with van der Waals surface area (Å²) in [5.41, 5.74) is 5.82. The van der Waals surface area contributed by atoms with Gasteiger partial charge in [-0.2, -0.15) is 0 Å². The Labute approximate surface area is 76.9 Å². The van der Waals surface area contributed by atoms with Crippen molar-refractivity contribution in [1.29, 1.82) is 0 Å². The van der Waals surface area contributed by atoms with Gasteiger partial charge in [-0.15, -0.1) is 5.10 Å². The molecule has 72 valence electrons. The molecule has 1 aromatic heterocycles. The fourth-order valence-electron chi connectivity index (χ4n) is 0.879. The predicted molar refractivity (Wildman–Crippen MR) is 47.9 cm³/mol. The molecule has 0 aliphatic carbocycles. The summed E-state index contributed by atoms with van der Waals surface area (Å²) in [6.07, 6.45) is 1.74. The first-order chi connectivity index (χ1) is 5.89. The van der Waals surface area contributed by atoms with Crippen molar-refractivity contribution in [2.24, 2.45) is 5.73 Å². The molecule has 0 saturated carbocycles. The summed E-state index contributed by atoms with van der Waals surface area (Å²) in [4.78, 5) is 10.6. The van der Waals surface area contributed by atoms with Crippen molar-refractivity contribution in [3.63, 3.8) is 0 Å². The number of nitrogens with zero attached hydrogens (tertiary/aromatic N) is 3. The number of carbonyl (C=O) groups is 1. The summed E-state index contributed by atoms with van der Waals surface area (Å²) < 4.78 is 1.45. The molecule has 0 bridgehead atoms. The molecule has 0 aliphatic rings. The fraction of sp³-hybridized carbons (Fsp3) is 0.625. The Morgan fingerprint density at radius 2 is 2.23 bits per heavy atom. The molecule has 0 radical (unpaired) electrons. The molecule has 0 saturated heterocycles. The van der Waals surface area contributed by atoms with Gasteiger partial charge in [0, 0.05) is 11.6 Å². The Morgan fingerprint density at radius 1 is 1.62 bits per heavy atom. The summed E-state index contributed by atoms with van der Waals surface area (Å²) in [7, 11) is 0. The summed E-state index contributed by atoms with van der Waals surface area (Å²) >= 11 is 0. The van der Waals surface area contributed by atoms with Crippen molar-refractivity contribution in [1.82, 2.24) is 15.0 Å². The number of aromatic nitrogens is 3. The third-order valence-electron chi connectivity index (χ3n) is 1.62. The minimum absolute atomic E-state index is 0.0457. The number of rotatable bonds is 2. The number of nitrogens with two attached hydrogens (primary N) is 1. The number of primary amides is 1. The van der Waals surface area contributed by atoms with Gasteiger partial charge in [-0.25, -0.2) is 4.68 Å². The van der Waals surface area contributed by atoms with Crippen molar-refractivity contribution < 1.29 is 4.79 Å². The Morgan fingerprint density at radius 3 is 2.62 bits per heavy atom. The van der Waals surface area contributed by atoms with Crippen LogP contribution in [0.3, 0.4) is 0 Å². The second-order valence-corrected chi connectivity index (χ2v) is 4.02. The molecule has 2 N–H and O–H groups in total. The van der Waals surface area contributed by atoms with Gasteiger partial charge in [-0.05, 0) is 0 Å². The van der Waals surface area contributed by atoms with Gasteiger partial charge in [-0.1, -0.05) is 26.0 Å². The highest BCUT2D eigenvalue weighted by Crippen LogP contribution is 2.18. The molecule has 0 spiro atoms. The molecule has 0 aromatic carbocycles. The van der Waals surface area contributed by atoms with Gasteiger partial charge >= 0.3 is 0 Å². The van der Waals surface area contributed by atoms with E-state index in [4.69, 9.17) is 5.73 Å². The summed E-state index contributed by atoms with van der Waals surface area (Å²) in [6.45, 7) is 6.19. The number of amides is 1. The van der Waals surface area contributed by atoms with Gasteiger partial charge < -0.3 is 5.73 Å². The summed E-state index contributed by atoms with van der Waals surface area (Å²) in [5, 5.41) is 7.73. The van der Waals surface area contributed by atoms with Crippen LogP contribution in [0.15, 0.2) is 6.20 Å². The Hall–Kier alpha value is -1.39. The lowest BCUT2D eigenvalue weighted by atomic mass is 9.93. The van der Waals surface area contributed by atoms with Gasteiger partial charge in [0.1, 0.15) is 6.54 Å². The van der Waals surface area contributed by atoms with Crippen molar-refractivity contribution in [3.8, 4) is 0 Å². The number of hydrogen-bond donors (Lipinski definition) is 1. The average molecular weight is 182 g/mol. The first-order valence-corrected chi connectivity index (χ1v) is 4.08. The van der Waals surface area contributed by atoms with E-state index in [9.17, 15) is 4.79 Å². The standard InChI is InChI=1S/C8H14N4O/c1-8(2,3)6-4-12(11-10-6)5-7(9)13/h4H,5H2,1-3H3,(H2,9,13). The Kier molecular flexibility index (Phi) is 2.36. The van der Waals surface area contributed by atoms with Gasteiger partial charge in [0.25, 0.3) is 0 Å². The van der Waals surface area contributed by atoms with Crippen molar-refractivity contribution in [2.75, 3.05) is 0 Å². The Bertz CT molecular complexity index is 310. The fourth-order valence-corrected chi connectivity index (χ4v) is 0.879. The topological polar surface area (TPSA) is 73.8 Å². The largest absolute Gasteiger partial charge is 0.368 e. The second-order valence-electron chi connectivity index (χ2n) is 4.02. The highest BCUT2D eigenvalue weighted by molar-refractivity contribution is 5.73. The molecule has 5 heteroatoms. The van der Waals surface area contributed by atoms with Crippen molar-refractivity contribution in [3.05, 3.63) is 11.9 Å². The van der Waals surface area contributed by atoms with E-state index >= 15 is 0 Å². The second kappa shape index (κ2) is 3.16. The molecule has 13 heavy (non-hydrogen) atoms. The quantitative estimate of drug-likeness (QED) is 0.702. The van der Waals surface area contributed by atoms with Gasteiger partial charge in [0.15, 0.2) is 0 Å². The van der Waals surface area contributed by atoms with Crippen molar-refractivity contribution in [2.45, 2.75) is 32.7 Å². The molecule has 0 atom stereocenters. The third kappa shape index (κ3) is 2.54. The zero-order valence-corrected chi connectivity index (χ0v) is 8.11. The van der Waals surface area contributed by atoms with E-state index in [1.54, 1.807) is 6.20 Å². The SMILES string of the molecule is CC(C)(C)c1cn(CC(N)=O)nn1. The van der Waals surface area contributed by atoms with Gasteiger partial charge in [0.2, 0.25) is 5.91 Å². The highest BCUT2D eigenvalue weighted by Gasteiger charge is 2.17. The van der Waals surface area contributed by atoms with Gasteiger partial charge in [0.05, 0.1) is 5.69 Å². The van der Waals surface area contributed by atoms with Crippen molar-refractivity contribution >= 4 is 5.91 Å². The maximum atomic E-state index is 10.6. The van der Waals surface area contributed by atoms with Crippen LogP contribution in [-0.2, 0) is 16.8 Å². The molecular formula is C8H14N4O. The maximum absolute atomic E-state index is 10.6. The van der Waals surface area contributed by atoms with E-state index in [0.717, 1.165) is 5.69 Å². The van der Waals surface area contributed by atoms with Crippen LogP contribution < -0.4 is 5.73 Å². The molecule has 1 amide bonds. The van der Waals surface area contributed by atoms with Crippen LogP contribution in [0.5, 0.6) is 0 Å². The molecule has 0 unspecified atom stereocenters. The lowest BCUT2D eigenvalue weighted by molar-refractivity contribution is -0.118. The van der Waals surface area contributed by atoms with Crippen LogP contribution in [0.25, 0.3) is 0 Å². The van der Waals surface area contributed by atoms with Crippen LogP contribution in [-0.4, -0.2) is 20.9 Å². The minimum Gasteiger partial charge on any atom is -0.368 e. The van der Waals surface area contributed by atoms with Crippen LogP contribution in [0.1, 0.15) is 26.5 Å². The first kappa shape index (κ1) is 9.70. The average Bonchev–Trinajstić information content (AvgIpc) is 2.32. The molecular weight excluding hydrogens is 168 g/mol. The van der Waals surface area contributed by atoms with Crippen LogP contribution in [0, 0.1) is 0 Å². The van der Waals surface area contributed by atoms with E-state index in [2.05, 4.69) is 10.3 Å². The highest BCUT2D eigenvalue weighted by atomic mass is 16.1. The van der Waals surface area contributed by atoms with E-state index in [1.807, 2.05) is 20.8 Å². The van der Waals surface area contributed by atoms with Crippen LogP contribution >= 0.6 is 0 Å². The summed E-state index contributed by atoms with van der Waals surface area (Å²) in [6, 6.07) is 0. The minimum atomic E-state index is -0.412. The smallest absolute Gasteiger partial charge is 0.239 e. The number of carbonyl (C=O) groups excluding carboxylic acids is 1. The third-order valence-corrected chi connectivity index (χ3v) is 1.62. The molecule has 1 heterocycles. The predicted octanol–water partition coefficient (Wildman–Crippen LogP) is 0.0609. The normalized spacial score (nSPS) is 11.6. The molecule has 1 aromatic rings. The Balaban J connectivity index is 2.81. The monoisotopic (exact) mass is 182 g/mol. The van der Waals surface area contributed by atoms with E-state index in [1.165, 1.54) is 4.68 Å². The molecule has 0 fully saturated rings. The van der Waals surface area contributed by atoms with E-state index < -0.39 is 5.91 Å². The van der Waals surface area contributed by atoms with Gasteiger partial charge in [-0.3, -0.25) is 4.79 Å². The van der Waals surface area contributed by atoms with Crippen LogP contribution in [0.2, 0.25) is 0 Å². The molecule has 5 nitrogen and oxygen atoms in total.